The zero-order chi connectivity index (χ0) is 33.2. The van der Waals surface area contributed by atoms with Crippen molar-refractivity contribution in [3.8, 4) is 0 Å². The maximum atomic E-state index is 13.2. The first-order valence-electron chi connectivity index (χ1n) is 16.6. The van der Waals surface area contributed by atoms with Crippen LogP contribution in [0.25, 0.3) is 0 Å². The summed E-state index contributed by atoms with van der Waals surface area (Å²) in [5.74, 6) is -3.43. The Bertz CT molecular complexity index is 1280. The van der Waals surface area contributed by atoms with E-state index in [0.717, 1.165) is 24.8 Å². The number of carboxylic acids is 1. The lowest BCUT2D eigenvalue weighted by Gasteiger charge is -2.59. The van der Waals surface area contributed by atoms with Gasteiger partial charge in [0.15, 0.2) is 11.9 Å². The van der Waals surface area contributed by atoms with Crippen LogP contribution in [0.4, 0.5) is 0 Å². The van der Waals surface area contributed by atoms with Crippen molar-refractivity contribution in [1.82, 2.24) is 10.6 Å². The van der Waals surface area contributed by atoms with E-state index in [1.165, 1.54) is 0 Å². The lowest BCUT2D eigenvalue weighted by Crippen LogP contribution is -2.70. The molecule has 1 aliphatic carbocycles. The van der Waals surface area contributed by atoms with Crippen molar-refractivity contribution in [2.75, 3.05) is 0 Å². The second-order valence-electron chi connectivity index (χ2n) is 14.1. The van der Waals surface area contributed by atoms with Crippen LogP contribution in [-0.2, 0) is 49.6 Å². The molecule has 5 fully saturated rings. The van der Waals surface area contributed by atoms with Crippen molar-refractivity contribution < 1.29 is 48.3 Å². The maximum absolute atomic E-state index is 13.2. The maximum Gasteiger partial charge on any atom is 0.326 e. The molecule has 10 atom stereocenters. The van der Waals surface area contributed by atoms with Crippen molar-refractivity contribution in [3.05, 3.63) is 35.9 Å². The zero-order valence-corrected chi connectivity index (χ0v) is 27.4. The molecule has 4 heterocycles. The highest BCUT2D eigenvalue weighted by Crippen LogP contribution is 2.60. The van der Waals surface area contributed by atoms with Gasteiger partial charge in [-0.05, 0) is 55.9 Å². The van der Waals surface area contributed by atoms with Gasteiger partial charge in [0, 0.05) is 31.1 Å². The third kappa shape index (κ3) is 7.25. The summed E-state index contributed by atoms with van der Waals surface area (Å²) in [5, 5.41) is 15.0. The molecule has 5 aliphatic rings. The van der Waals surface area contributed by atoms with Crippen molar-refractivity contribution in [2.45, 2.75) is 122 Å². The minimum absolute atomic E-state index is 0.0111. The molecule has 46 heavy (non-hydrogen) atoms. The Morgan fingerprint density at radius 1 is 0.978 bits per heavy atom. The number of hydrogen-bond donors (Lipinski definition) is 3. The Balaban J connectivity index is 1.16. The van der Waals surface area contributed by atoms with Crippen molar-refractivity contribution in [3.63, 3.8) is 0 Å². The Morgan fingerprint density at radius 3 is 2.41 bits per heavy atom. The van der Waals surface area contributed by atoms with E-state index in [4.69, 9.17) is 24.0 Å². The molecule has 4 aliphatic heterocycles. The molecule has 254 valence electrons. The van der Waals surface area contributed by atoms with E-state index in [1.54, 1.807) is 24.3 Å². The van der Waals surface area contributed by atoms with Crippen LogP contribution in [0.2, 0.25) is 0 Å². The van der Waals surface area contributed by atoms with Crippen molar-refractivity contribution >= 4 is 23.8 Å². The van der Waals surface area contributed by atoms with E-state index in [2.05, 4.69) is 17.6 Å². The fourth-order valence-corrected chi connectivity index (χ4v) is 7.70. The highest BCUT2D eigenvalue weighted by molar-refractivity contribution is 5.91. The van der Waals surface area contributed by atoms with Crippen LogP contribution in [0.15, 0.2) is 30.3 Å². The third-order valence-corrected chi connectivity index (χ3v) is 10.2. The van der Waals surface area contributed by atoms with Crippen LogP contribution in [0.1, 0.15) is 85.1 Å². The molecule has 3 N–H and O–H groups in total. The Kier molecular flexibility index (Phi) is 10.4. The van der Waals surface area contributed by atoms with E-state index in [-0.39, 0.29) is 42.9 Å². The minimum atomic E-state index is -1.17. The summed E-state index contributed by atoms with van der Waals surface area (Å²) in [6.07, 6.45) is 1.75. The summed E-state index contributed by atoms with van der Waals surface area (Å²) in [4.78, 5) is 63.0. The van der Waals surface area contributed by atoms with E-state index < -0.39 is 59.8 Å². The monoisotopic (exact) mass is 644 g/mol. The molecule has 1 aromatic rings. The molecule has 1 spiro atoms. The zero-order valence-electron chi connectivity index (χ0n) is 27.4. The number of fused-ring (bicyclic) bond motifs is 2. The largest absolute Gasteiger partial charge is 0.480 e. The molecule has 0 radical (unpaired) electrons. The lowest BCUT2D eigenvalue weighted by atomic mass is 9.58. The molecule has 2 bridgehead atoms. The fourth-order valence-electron chi connectivity index (χ4n) is 7.70. The second-order valence-corrected chi connectivity index (χ2v) is 14.1. The molecule has 2 amide bonds. The minimum Gasteiger partial charge on any atom is -0.480 e. The Morgan fingerprint density at radius 2 is 1.72 bits per heavy atom. The van der Waals surface area contributed by atoms with Crippen molar-refractivity contribution in [2.24, 2.45) is 29.6 Å². The van der Waals surface area contributed by atoms with E-state index >= 15 is 0 Å². The number of ether oxygens (including phenoxy) is 3. The van der Waals surface area contributed by atoms with Crippen LogP contribution in [0, 0.1) is 29.6 Å². The number of carbonyl (C=O) groups is 4. The number of carboxylic acid groups (broad SMARTS) is 1. The summed E-state index contributed by atoms with van der Waals surface area (Å²) in [6, 6.07) is 6.86. The van der Waals surface area contributed by atoms with Gasteiger partial charge in [-0.25, -0.2) is 14.6 Å². The number of benzene rings is 1. The molecule has 4 saturated heterocycles. The fraction of sp³-hybridized carbons (Fsp3) is 0.706. The average molecular weight is 645 g/mol. The molecule has 12 nitrogen and oxygen atoms in total. The summed E-state index contributed by atoms with van der Waals surface area (Å²) in [7, 11) is 0. The molecule has 0 aromatic heterocycles. The third-order valence-electron chi connectivity index (χ3n) is 10.2. The number of rotatable bonds is 12. The van der Waals surface area contributed by atoms with E-state index in [0.29, 0.717) is 18.8 Å². The quantitative estimate of drug-likeness (QED) is 0.225. The summed E-state index contributed by atoms with van der Waals surface area (Å²) >= 11 is 0. The van der Waals surface area contributed by atoms with Gasteiger partial charge in [-0.1, -0.05) is 58.0 Å². The first kappa shape index (κ1) is 34.3. The molecule has 6 rings (SSSR count). The topological polar surface area (TPSA) is 159 Å². The average Bonchev–Trinajstić information content (AvgIpc) is 3.24. The highest BCUT2D eigenvalue weighted by Gasteiger charge is 2.69. The van der Waals surface area contributed by atoms with Crippen LogP contribution >= 0.6 is 0 Å². The Labute approximate surface area is 270 Å². The number of hydrogen-bond acceptors (Lipinski definition) is 9. The van der Waals surface area contributed by atoms with Crippen LogP contribution in [0.3, 0.4) is 0 Å². The molecule has 12 heteroatoms. The van der Waals surface area contributed by atoms with Crippen molar-refractivity contribution in [1.29, 1.82) is 0 Å². The van der Waals surface area contributed by atoms with Gasteiger partial charge >= 0.3 is 11.9 Å². The standard InChI is InChI=1S/C34H48N2O10/c1-19(2)17-25(29(39)36-26(30(40)41)18-22-9-7-6-8-10-22)35-27(37)13-14-28(38)42-31-21(4)24-12-11-20(3)23-15-16-33(5)44-32(43-31)34(23,24)46-45-33/h6-10,19-21,23-26,31-32H,11-18H2,1-5H3,(H,35,37)(H,36,39)(H,40,41)/t20-,21-,23+,24-,25+,26-,31-,32+,33-,34-/m1/s1. The number of carbonyl (C=O) groups excluding carboxylic acids is 3. The van der Waals surface area contributed by atoms with Gasteiger partial charge < -0.3 is 30.0 Å². The first-order valence-corrected chi connectivity index (χ1v) is 16.6. The molecule has 0 unspecified atom stereocenters. The van der Waals surface area contributed by atoms with E-state index in [9.17, 15) is 24.3 Å². The van der Waals surface area contributed by atoms with Gasteiger partial charge in [0.2, 0.25) is 23.9 Å². The van der Waals surface area contributed by atoms with Crippen LogP contribution in [-0.4, -0.2) is 64.9 Å². The molecular formula is C34H48N2O10. The summed E-state index contributed by atoms with van der Waals surface area (Å²) in [6.45, 7) is 9.83. The SMILES string of the molecule is CC(C)C[C@H](NC(=O)CCC(=O)O[C@@H]1O[C@H]2O[C@@]3(C)CC[C@H]4[C@H](C)CC[C@H]([C@H]1C)[C@@]24OO3)C(=O)N[C@H](Cc1ccccc1)C(=O)O. The Hall–Kier alpha value is -3.06. The van der Waals surface area contributed by atoms with Gasteiger partial charge in [-0.15, -0.1) is 0 Å². The number of nitrogens with one attached hydrogen (secondary N) is 2. The highest BCUT2D eigenvalue weighted by atomic mass is 17.3. The van der Waals surface area contributed by atoms with Crippen LogP contribution in [0.5, 0.6) is 0 Å². The van der Waals surface area contributed by atoms with Gasteiger partial charge in [0.1, 0.15) is 12.1 Å². The first-order chi connectivity index (χ1) is 21.8. The van der Waals surface area contributed by atoms with Gasteiger partial charge in [0.05, 0.1) is 6.42 Å². The summed E-state index contributed by atoms with van der Waals surface area (Å²) < 4.78 is 18.4. The molecular weight excluding hydrogens is 596 g/mol. The smallest absolute Gasteiger partial charge is 0.326 e. The van der Waals surface area contributed by atoms with Gasteiger partial charge in [-0.2, -0.15) is 0 Å². The number of esters is 1. The van der Waals surface area contributed by atoms with Gasteiger partial charge in [0.25, 0.3) is 0 Å². The summed E-state index contributed by atoms with van der Waals surface area (Å²) in [5.41, 5.74) is -0.0153. The van der Waals surface area contributed by atoms with E-state index in [1.807, 2.05) is 33.8 Å². The van der Waals surface area contributed by atoms with Gasteiger partial charge in [-0.3, -0.25) is 14.4 Å². The predicted octanol–water partition coefficient (Wildman–Crippen LogP) is 3.86. The predicted molar refractivity (Wildman–Crippen MR) is 163 cm³/mol. The normalized spacial score (nSPS) is 34.5. The number of aliphatic carboxylic acids is 1. The molecule has 1 saturated carbocycles. The van der Waals surface area contributed by atoms with Crippen LogP contribution < -0.4 is 10.6 Å². The lowest BCUT2D eigenvalue weighted by molar-refractivity contribution is -0.576. The number of amides is 2. The second kappa shape index (κ2) is 14.0. The molecule has 1 aromatic carbocycles.